The minimum atomic E-state index is -0.479. The lowest BCUT2D eigenvalue weighted by Gasteiger charge is -2.37. The number of aliphatic hydroxyl groups is 1. The highest BCUT2D eigenvalue weighted by molar-refractivity contribution is 5.68. The Kier molecular flexibility index (Phi) is 4.77. The maximum absolute atomic E-state index is 11.9. The summed E-state index contributed by atoms with van der Waals surface area (Å²) in [6.45, 7) is 6.73. The highest BCUT2D eigenvalue weighted by Gasteiger charge is 2.33. The third-order valence-corrected chi connectivity index (χ3v) is 2.88. The molecule has 0 unspecified atom stereocenters. The van der Waals surface area contributed by atoms with Gasteiger partial charge in [-0.3, -0.25) is 0 Å². The summed E-state index contributed by atoms with van der Waals surface area (Å²) >= 11 is 0. The zero-order chi connectivity index (χ0) is 13.1. The molecule has 17 heavy (non-hydrogen) atoms. The zero-order valence-corrected chi connectivity index (χ0v) is 11.1. The molecule has 1 aliphatic heterocycles. The van der Waals surface area contributed by atoms with E-state index in [1.807, 2.05) is 20.8 Å². The van der Waals surface area contributed by atoms with E-state index < -0.39 is 5.60 Å². The summed E-state index contributed by atoms with van der Waals surface area (Å²) in [5.41, 5.74) is -0.479. The second-order valence-electron chi connectivity index (χ2n) is 5.43. The number of rotatable bonds is 2. The molecule has 0 saturated carbocycles. The van der Waals surface area contributed by atoms with Gasteiger partial charge in [-0.15, -0.1) is 0 Å². The van der Waals surface area contributed by atoms with Crippen LogP contribution >= 0.6 is 0 Å². The summed E-state index contributed by atoms with van der Waals surface area (Å²) in [5.74, 6) is 0.110. The Hall–Kier alpha value is -0.810. The molecule has 1 rings (SSSR count). The van der Waals surface area contributed by atoms with Crippen LogP contribution in [0.2, 0.25) is 0 Å². The first-order chi connectivity index (χ1) is 7.87. The van der Waals surface area contributed by atoms with E-state index in [-0.39, 0.29) is 24.7 Å². The first kappa shape index (κ1) is 14.3. The van der Waals surface area contributed by atoms with Crippen LogP contribution in [0.3, 0.4) is 0 Å². The fourth-order valence-electron chi connectivity index (χ4n) is 1.93. The molecule has 0 aromatic carbocycles. The fourth-order valence-corrected chi connectivity index (χ4v) is 1.93. The zero-order valence-electron chi connectivity index (χ0n) is 11.1. The second kappa shape index (κ2) is 5.69. The van der Waals surface area contributed by atoms with Gasteiger partial charge in [-0.2, -0.15) is 0 Å². The van der Waals surface area contributed by atoms with Crippen molar-refractivity contribution in [3.63, 3.8) is 0 Å². The van der Waals surface area contributed by atoms with Crippen molar-refractivity contribution in [1.29, 1.82) is 0 Å². The molecular weight excluding hydrogens is 222 g/mol. The molecule has 1 saturated heterocycles. The minimum absolute atomic E-state index is 0.0979. The van der Waals surface area contributed by atoms with Crippen molar-refractivity contribution in [3.8, 4) is 0 Å². The van der Waals surface area contributed by atoms with Crippen molar-refractivity contribution in [1.82, 2.24) is 4.90 Å². The van der Waals surface area contributed by atoms with Crippen LogP contribution in [0.15, 0.2) is 0 Å². The number of piperidine rings is 1. The van der Waals surface area contributed by atoms with Gasteiger partial charge in [0.15, 0.2) is 0 Å². The topological polar surface area (TPSA) is 59.0 Å². The average Bonchev–Trinajstić information content (AvgIpc) is 2.25. The standard InChI is InChI=1S/C12H23NO4/c1-12(2,3)17-11(15)13-6-5-9(8-14)10(7-13)16-4/h9-10,14H,5-8H2,1-4H3/t9-,10+/m1/s1. The highest BCUT2D eigenvalue weighted by atomic mass is 16.6. The van der Waals surface area contributed by atoms with Crippen LogP contribution in [0, 0.1) is 5.92 Å². The Morgan fingerprint density at radius 3 is 2.59 bits per heavy atom. The largest absolute Gasteiger partial charge is 0.444 e. The lowest BCUT2D eigenvalue weighted by molar-refractivity contribution is -0.0406. The SMILES string of the molecule is CO[C@H]1CN(C(=O)OC(C)(C)C)CC[C@@H]1CO. The van der Waals surface area contributed by atoms with Gasteiger partial charge >= 0.3 is 6.09 Å². The second-order valence-corrected chi connectivity index (χ2v) is 5.43. The predicted molar refractivity (Wildman–Crippen MR) is 63.8 cm³/mol. The van der Waals surface area contributed by atoms with E-state index >= 15 is 0 Å². The molecule has 0 spiro atoms. The van der Waals surface area contributed by atoms with Gasteiger partial charge in [0.1, 0.15) is 5.60 Å². The molecule has 1 heterocycles. The summed E-state index contributed by atoms with van der Waals surface area (Å²) in [5, 5.41) is 9.19. The van der Waals surface area contributed by atoms with Crippen LogP contribution in [0.4, 0.5) is 4.79 Å². The van der Waals surface area contributed by atoms with Crippen molar-refractivity contribution in [3.05, 3.63) is 0 Å². The molecule has 1 N–H and O–H groups in total. The van der Waals surface area contributed by atoms with Gasteiger partial charge in [0, 0.05) is 26.2 Å². The molecule has 5 nitrogen and oxygen atoms in total. The van der Waals surface area contributed by atoms with E-state index in [9.17, 15) is 9.90 Å². The molecule has 5 heteroatoms. The third-order valence-electron chi connectivity index (χ3n) is 2.88. The number of nitrogens with zero attached hydrogens (tertiary/aromatic N) is 1. The Bertz CT molecular complexity index is 262. The first-order valence-corrected chi connectivity index (χ1v) is 5.99. The van der Waals surface area contributed by atoms with Crippen molar-refractivity contribution >= 4 is 6.09 Å². The summed E-state index contributed by atoms with van der Waals surface area (Å²) in [4.78, 5) is 13.5. The average molecular weight is 245 g/mol. The Morgan fingerprint density at radius 1 is 1.47 bits per heavy atom. The molecule has 100 valence electrons. The van der Waals surface area contributed by atoms with E-state index in [0.29, 0.717) is 13.1 Å². The van der Waals surface area contributed by atoms with E-state index in [0.717, 1.165) is 6.42 Å². The minimum Gasteiger partial charge on any atom is -0.444 e. The molecule has 0 aromatic heterocycles. The Balaban J connectivity index is 2.54. The molecule has 0 bridgehead atoms. The van der Waals surface area contributed by atoms with Gasteiger partial charge in [-0.05, 0) is 27.2 Å². The molecule has 1 aliphatic rings. The van der Waals surface area contributed by atoms with Crippen LogP contribution in [0.1, 0.15) is 27.2 Å². The van der Waals surface area contributed by atoms with E-state index in [4.69, 9.17) is 9.47 Å². The number of likely N-dealkylation sites (tertiary alicyclic amines) is 1. The van der Waals surface area contributed by atoms with E-state index in [1.165, 1.54) is 0 Å². The van der Waals surface area contributed by atoms with E-state index in [2.05, 4.69) is 0 Å². The molecule has 0 aromatic rings. The van der Waals surface area contributed by atoms with Crippen molar-refractivity contribution in [2.24, 2.45) is 5.92 Å². The third kappa shape index (κ3) is 4.16. The lowest BCUT2D eigenvalue weighted by atomic mass is 9.95. The number of hydrogen-bond acceptors (Lipinski definition) is 4. The number of amides is 1. The summed E-state index contributed by atoms with van der Waals surface area (Å²) in [6.07, 6.45) is 0.325. The van der Waals surface area contributed by atoms with Gasteiger partial charge in [0.25, 0.3) is 0 Å². The van der Waals surface area contributed by atoms with Gasteiger partial charge in [-0.25, -0.2) is 4.79 Å². The van der Waals surface area contributed by atoms with Crippen molar-refractivity contribution in [2.45, 2.75) is 38.9 Å². The number of ether oxygens (including phenoxy) is 2. The van der Waals surface area contributed by atoms with Gasteiger partial charge in [0.05, 0.1) is 12.6 Å². The van der Waals surface area contributed by atoms with Crippen molar-refractivity contribution < 1.29 is 19.4 Å². The normalized spacial score (nSPS) is 25.8. The Labute approximate surface area is 103 Å². The van der Waals surface area contributed by atoms with Crippen LogP contribution in [0.25, 0.3) is 0 Å². The smallest absolute Gasteiger partial charge is 0.410 e. The fraction of sp³-hybridized carbons (Fsp3) is 0.917. The van der Waals surface area contributed by atoms with Gasteiger partial charge in [-0.1, -0.05) is 0 Å². The number of hydrogen-bond donors (Lipinski definition) is 1. The molecule has 0 radical (unpaired) electrons. The quantitative estimate of drug-likeness (QED) is 0.795. The predicted octanol–water partition coefficient (Wildman–Crippen LogP) is 1.25. The van der Waals surface area contributed by atoms with Gasteiger partial charge in [0.2, 0.25) is 0 Å². The monoisotopic (exact) mass is 245 g/mol. The maximum Gasteiger partial charge on any atom is 0.410 e. The van der Waals surface area contributed by atoms with Crippen LogP contribution in [0.5, 0.6) is 0 Å². The Morgan fingerprint density at radius 2 is 2.12 bits per heavy atom. The maximum atomic E-state index is 11.9. The summed E-state index contributed by atoms with van der Waals surface area (Å²) in [6, 6.07) is 0. The molecular formula is C12H23NO4. The highest BCUT2D eigenvalue weighted by Crippen LogP contribution is 2.21. The number of methoxy groups -OCH3 is 1. The molecule has 0 aliphatic carbocycles. The number of carbonyl (C=O) groups is 1. The number of carbonyl (C=O) groups excluding carboxylic acids is 1. The summed E-state index contributed by atoms with van der Waals surface area (Å²) in [7, 11) is 1.60. The van der Waals surface area contributed by atoms with Crippen LogP contribution in [-0.2, 0) is 9.47 Å². The lowest BCUT2D eigenvalue weighted by Crippen LogP contribution is -2.49. The van der Waals surface area contributed by atoms with Gasteiger partial charge < -0.3 is 19.5 Å². The van der Waals surface area contributed by atoms with Crippen LogP contribution in [-0.4, -0.2) is 54.6 Å². The summed E-state index contributed by atoms with van der Waals surface area (Å²) < 4.78 is 10.6. The molecule has 2 atom stereocenters. The molecule has 1 amide bonds. The molecule has 1 fully saturated rings. The number of aliphatic hydroxyl groups excluding tert-OH is 1. The van der Waals surface area contributed by atoms with E-state index in [1.54, 1.807) is 12.0 Å². The first-order valence-electron chi connectivity index (χ1n) is 5.99. The van der Waals surface area contributed by atoms with Crippen molar-refractivity contribution in [2.75, 3.05) is 26.8 Å². The van der Waals surface area contributed by atoms with Crippen LogP contribution < -0.4 is 0 Å².